The lowest BCUT2D eigenvalue weighted by Gasteiger charge is -2.17. The van der Waals surface area contributed by atoms with Crippen molar-refractivity contribution < 1.29 is 0 Å². The molecule has 0 bridgehead atoms. The zero-order valence-electron chi connectivity index (χ0n) is 9.81. The van der Waals surface area contributed by atoms with E-state index in [0.29, 0.717) is 0 Å². The molecule has 3 aromatic heterocycles. The van der Waals surface area contributed by atoms with Crippen LogP contribution in [0.1, 0.15) is 26.3 Å². The van der Waals surface area contributed by atoms with Gasteiger partial charge >= 0.3 is 0 Å². The SMILES string of the molecule is CC(C)(C)c1cnn2ccn3cccc3c12. The van der Waals surface area contributed by atoms with Gasteiger partial charge < -0.3 is 4.40 Å². The van der Waals surface area contributed by atoms with Gasteiger partial charge in [0.15, 0.2) is 0 Å². The Balaban J connectivity index is 2.51. The quantitative estimate of drug-likeness (QED) is 0.562. The largest absolute Gasteiger partial charge is 0.320 e. The summed E-state index contributed by atoms with van der Waals surface area (Å²) in [6, 6.07) is 4.20. The Labute approximate surface area is 94.3 Å². The zero-order chi connectivity index (χ0) is 11.3. The van der Waals surface area contributed by atoms with Crippen LogP contribution in [0.5, 0.6) is 0 Å². The van der Waals surface area contributed by atoms with Crippen molar-refractivity contribution in [2.75, 3.05) is 0 Å². The second-order valence-corrected chi connectivity index (χ2v) is 5.20. The number of hydrogen-bond acceptors (Lipinski definition) is 1. The van der Waals surface area contributed by atoms with Gasteiger partial charge in [-0.3, -0.25) is 0 Å². The first-order chi connectivity index (χ1) is 7.57. The zero-order valence-corrected chi connectivity index (χ0v) is 9.81. The standard InChI is InChI=1S/C13H15N3/c1-13(2,3)10-9-14-16-8-7-15-6-4-5-11(15)12(10)16/h4-9H,1-3H3. The highest BCUT2D eigenvalue weighted by atomic mass is 15.2. The molecule has 0 saturated carbocycles. The van der Waals surface area contributed by atoms with Gasteiger partial charge in [-0.05, 0) is 17.5 Å². The molecule has 3 heterocycles. The molecule has 0 N–H and O–H groups in total. The molecule has 0 fully saturated rings. The molecule has 3 nitrogen and oxygen atoms in total. The molecule has 0 aliphatic rings. The molecule has 16 heavy (non-hydrogen) atoms. The van der Waals surface area contributed by atoms with Gasteiger partial charge in [-0.1, -0.05) is 20.8 Å². The van der Waals surface area contributed by atoms with Crippen LogP contribution in [0, 0.1) is 0 Å². The minimum Gasteiger partial charge on any atom is -0.320 e. The van der Waals surface area contributed by atoms with E-state index in [9.17, 15) is 0 Å². The van der Waals surface area contributed by atoms with Gasteiger partial charge in [0.05, 0.1) is 17.2 Å². The first-order valence-corrected chi connectivity index (χ1v) is 5.51. The van der Waals surface area contributed by atoms with Crippen LogP contribution >= 0.6 is 0 Å². The van der Waals surface area contributed by atoms with Gasteiger partial charge in [0.25, 0.3) is 0 Å². The van der Waals surface area contributed by atoms with Crippen molar-refractivity contribution >= 4 is 11.0 Å². The van der Waals surface area contributed by atoms with E-state index < -0.39 is 0 Å². The summed E-state index contributed by atoms with van der Waals surface area (Å²) in [6.45, 7) is 6.66. The molecule has 0 aromatic carbocycles. The van der Waals surface area contributed by atoms with E-state index in [1.807, 2.05) is 23.1 Å². The lowest BCUT2D eigenvalue weighted by Crippen LogP contribution is -2.10. The molecule has 82 valence electrons. The van der Waals surface area contributed by atoms with E-state index in [0.717, 1.165) is 0 Å². The molecule has 0 aliphatic heterocycles. The third-order valence-corrected chi connectivity index (χ3v) is 2.99. The summed E-state index contributed by atoms with van der Waals surface area (Å²) in [6.07, 6.45) is 8.07. The van der Waals surface area contributed by atoms with Crippen molar-refractivity contribution in [1.82, 2.24) is 14.0 Å². The molecular formula is C13H15N3. The van der Waals surface area contributed by atoms with E-state index in [2.05, 4.69) is 48.6 Å². The predicted octanol–water partition coefficient (Wildman–Crippen LogP) is 2.88. The Bertz CT molecular complexity index is 652. The van der Waals surface area contributed by atoms with Gasteiger partial charge in [-0.15, -0.1) is 0 Å². The van der Waals surface area contributed by atoms with Crippen LogP contribution in [-0.2, 0) is 5.41 Å². The first kappa shape index (κ1) is 9.46. The van der Waals surface area contributed by atoms with Crippen molar-refractivity contribution in [3.05, 3.63) is 42.5 Å². The minimum absolute atomic E-state index is 0.119. The third kappa shape index (κ3) is 1.18. The van der Waals surface area contributed by atoms with Crippen LogP contribution in [0.4, 0.5) is 0 Å². The summed E-state index contributed by atoms with van der Waals surface area (Å²) in [4.78, 5) is 0. The molecular weight excluding hydrogens is 198 g/mol. The maximum Gasteiger partial charge on any atom is 0.0939 e. The summed E-state index contributed by atoms with van der Waals surface area (Å²) >= 11 is 0. The Hall–Kier alpha value is -1.77. The van der Waals surface area contributed by atoms with E-state index in [4.69, 9.17) is 0 Å². The molecule has 3 rings (SSSR count). The number of rotatable bonds is 0. The Morgan fingerprint density at radius 2 is 1.94 bits per heavy atom. The molecule has 3 aromatic rings. The molecule has 0 aliphatic carbocycles. The fourth-order valence-corrected chi connectivity index (χ4v) is 2.14. The lowest BCUT2D eigenvalue weighted by atomic mass is 9.88. The summed E-state index contributed by atoms with van der Waals surface area (Å²) in [5, 5.41) is 4.42. The number of hydrogen-bond donors (Lipinski definition) is 0. The van der Waals surface area contributed by atoms with Gasteiger partial charge in [0.2, 0.25) is 0 Å². The topological polar surface area (TPSA) is 21.7 Å². The van der Waals surface area contributed by atoms with E-state index in [1.165, 1.54) is 16.6 Å². The number of aromatic nitrogens is 3. The van der Waals surface area contributed by atoms with Crippen LogP contribution in [0.2, 0.25) is 0 Å². The fraction of sp³-hybridized carbons (Fsp3) is 0.308. The fourth-order valence-electron chi connectivity index (χ4n) is 2.14. The summed E-state index contributed by atoms with van der Waals surface area (Å²) in [7, 11) is 0. The Kier molecular flexibility index (Phi) is 1.70. The van der Waals surface area contributed by atoms with E-state index >= 15 is 0 Å². The van der Waals surface area contributed by atoms with Crippen LogP contribution in [-0.4, -0.2) is 14.0 Å². The maximum absolute atomic E-state index is 4.42. The van der Waals surface area contributed by atoms with Gasteiger partial charge in [0, 0.05) is 24.2 Å². The number of nitrogens with zero attached hydrogens (tertiary/aromatic N) is 3. The van der Waals surface area contributed by atoms with Gasteiger partial charge in [-0.25, -0.2) is 4.52 Å². The molecule has 0 amide bonds. The first-order valence-electron chi connectivity index (χ1n) is 5.51. The highest BCUT2D eigenvalue weighted by molar-refractivity contribution is 5.79. The van der Waals surface area contributed by atoms with Crippen molar-refractivity contribution in [2.24, 2.45) is 0 Å². The molecule has 0 saturated heterocycles. The summed E-state index contributed by atoms with van der Waals surface area (Å²) in [5.41, 5.74) is 3.83. The third-order valence-electron chi connectivity index (χ3n) is 2.99. The highest BCUT2D eigenvalue weighted by Crippen LogP contribution is 2.28. The maximum atomic E-state index is 4.42. The van der Waals surface area contributed by atoms with Gasteiger partial charge in [-0.2, -0.15) is 5.10 Å². The predicted molar refractivity (Wildman–Crippen MR) is 64.8 cm³/mol. The van der Waals surface area contributed by atoms with E-state index in [-0.39, 0.29) is 5.41 Å². The average molecular weight is 213 g/mol. The second kappa shape index (κ2) is 2.88. The van der Waals surface area contributed by atoms with Crippen LogP contribution in [0.3, 0.4) is 0 Å². The lowest BCUT2D eigenvalue weighted by molar-refractivity contribution is 0.596. The Morgan fingerprint density at radius 3 is 2.69 bits per heavy atom. The second-order valence-electron chi connectivity index (χ2n) is 5.20. The van der Waals surface area contributed by atoms with Crippen LogP contribution in [0.25, 0.3) is 11.0 Å². The van der Waals surface area contributed by atoms with Crippen molar-refractivity contribution in [3.8, 4) is 0 Å². The monoisotopic (exact) mass is 213 g/mol. The molecule has 0 radical (unpaired) electrons. The molecule has 0 unspecified atom stereocenters. The molecule has 0 spiro atoms. The van der Waals surface area contributed by atoms with Crippen molar-refractivity contribution in [2.45, 2.75) is 26.2 Å². The molecule has 3 heteroatoms. The van der Waals surface area contributed by atoms with Crippen molar-refractivity contribution in [1.29, 1.82) is 0 Å². The van der Waals surface area contributed by atoms with Crippen LogP contribution < -0.4 is 0 Å². The van der Waals surface area contributed by atoms with Crippen LogP contribution in [0.15, 0.2) is 36.9 Å². The summed E-state index contributed by atoms with van der Waals surface area (Å²) in [5.74, 6) is 0. The smallest absolute Gasteiger partial charge is 0.0939 e. The number of fused-ring (bicyclic) bond motifs is 3. The average Bonchev–Trinajstić information content (AvgIpc) is 2.81. The summed E-state index contributed by atoms with van der Waals surface area (Å²) < 4.78 is 4.09. The van der Waals surface area contributed by atoms with Gasteiger partial charge in [0.1, 0.15) is 0 Å². The normalized spacial score (nSPS) is 12.7. The minimum atomic E-state index is 0.119. The highest BCUT2D eigenvalue weighted by Gasteiger charge is 2.20. The van der Waals surface area contributed by atoms with Crippen molar-refractivity contribution in [3.63, 3.8) is 0 Å². The Morgan fingerprint density at radius 1 is 1.12 bits per heavy atom. The van der Waals surface area contributed by atoms with E-state index in [1.54, 1.807) is 0 Å². The molecule has 0 atom stereocenters.